The first-order valence-corrected chi connectivity index (χ1v) is 7.75. The SMILES string of the molecule is CC(C)(C)OC(=O)Nc1ccc(CNC2CCCC2)cc1. The van der Waals surface area contributed by atoms with Crippen LogP contribution in [-0.4, -0.2) is 17.7 Å². The predicted molar refractivity (Wildman–Crippen MR) is 85.4 cm³/mol. The van der Waals surface area contributed by atoms with E-state index in [0.717, 1.165) is 12.2 Å². The minimum atomic E-state index is -0.477. The number of ether oxygens (including phenoxy) is 1. The Kier molecular flexibility index (Phi) is 5.23. The van der Waals surface area contributed by atoms with Crippen LogP contribution in [0, 0.1) is 0 Å². The largest absolute Gasteiger partial charge is 0.444 e. The van der Waals surface area contributed by atoms with Crippen molar-refractivity contribution < 1.29 is 9.53 Å². The van der Waals surface area contributed by atoms with Crippen molar-refractivity contribution in [2.75, 3.05) is 5.32 Å². The quantitative estimate of drug-likeness (QED) is 0.879. The fraction of sp³-hybridized carbons (Fsp3) is 0.588. The highest BCUT2D eigenvalue weighted by Crippen LogP contribution is 2.18. The van der Waals surface area contributed by atoms with E-state index in [4.69, 9.17) is 4.74 Å². The lowest BCUT2D eigenvalue weighted by molar-refractivity contribution is 0.0636. The highest BCUT2D eigenvalue weighted by Gasteiger charge is 2.16. The average Bonchev–Trinajstić information content (AvgIpc) is 2.89. The molecule has 0 radical (unpaired) electrons. The van der Waals surface area contributed by atoms with Crippen LogP contribution in [0.3, 0.4) is 0 Å². The van der Waals surface area contributed by atoms with Crippen molar-refractivity contribution in [3.8, 4) is 0 Å². The minimum Gasteiger partial charge on any atom is -0.444 e. The van der Waals surface area contributed by atoms with E-state index in [0.29, 0.717) is 6.04 Å². The predicted octanol–water partition coefficient (Wildman–Crippen LogP) is 4.07. The van der Waals surface area contributed by atoms with Crippen LogP contribution in [-0.2, 0) is 11.3 Å². The number of anilines is 1. The van der Waals surface area contributed by atoms with E-state index in [2.05, 4.69) is 10.6 Å². The van der Waals surface area contributed by atoms with Gasteiger partial charge in [0.1, 0.15) is 5.60 Å². The van der Waals surface area contributed by atoms with Crippen molar-refractivity contribution in [2.45, 2.75) is 64.6 Å². The third kappa shape index (κ3) is 5.76. The van der Waals surface area contributed by atoms with Crippen LogP contribution in [0.15, 0.2) is 24.3 Å². The number of carbonyl (C=O) groups excluding carboxylic acids is 1. The van der Waals surface area contributed by atoms with Crippen LogP contribution in [0.25, 0.3) is 0 Å². The van der Waals surface area contributed by atoms with Crippen LogP contribution in [0.1, 0.15) is 52.0 Å². The zero-order chi connectivity index (χ0) is 15.3. The first kappa shape index (κ1) is 15.8. The maximum atomic E-state index is 11.7. The van der Waals surface area contributed by atoms with Gasteiger partial charge >= 0.3 is 6.09 Å². The summed E-state index contributed by atoms with van der Waals surface area (Å²) in [7, 11) is 0. The minimum absolute atomic E-state index is 0.417. The molecular formula is C17H26N2O2. The lowest BCUT2D eigenvalue weighted by Crippen LogP contribution is -2.27. The number of benzene rings is 1. The van der Waals surface area contributed by atoms with E-state index < -0.39 is 11.7 Å². The molecule has 0 bridgehead atoms. The Hall–Kier alpha value is -1.55. The van der Waals surface area contributed by atoms with Gasteiger partial charge in [-0.05, 0) is 51.3 Å². The number of hydrogen-bond acceptors (Lipinski definition) is 3. The lowest BCUT2D eigenvalue weighted by atomic mass is 10.2. The van der Waals surface area contributed by atoms with Gasteiger partial charge in [0, 0.05) is 18.3 Å². The summed E-state index contributed by atoms with van der Waals surface area (Å²) in [6, 6.07) is 8.57. The molecule has 1 aliphatic carbocycles. The molecule has 1 aromatic rings. The Balaban J connectivity index is 1.79. The highest BCUT2D eigenvalue weighted by molar-refractivity contribution is 5.84. The maximum absolute atomic E-state index is 11.7. The molecular weight excluding hydrogens is 264 g/mol. The second-order valence-electron chi connectivity index (χ2n) is 6.69. The molecule has 4 heteroatoms. The monoisotopic (exact) mass is 290 g/mol. The van der Waals surface area contributed by atoms with Crippen LogP contribution in [0.2, 0.25) is 0 Å². The average molecular weight is 290 g/mol. The second-order valence-corrected chi connectivity index (χ2v) is 6.69. The van der Waals surface area contributed by atoms with Gasteiger partial charge < -0.3 is 10.1 Å². The molecule has 0 saturated heterocycles. The first-order chi connectivity index (χ1) is 9.92. The number of carbonyl (C=O) groups is 1. The Labute approximate surface area is 127 Å². The number of hydrogen-bond donors (Lipinski definition) is 2. The van der Waals surface area contributed by atoms with Crippen molar-refractivity contribution in [1.82, 2.24) is 5.32 Å². The van der Waals surface area contributed by atoms with Gasteiger partial charge in [-0.3, -0.25) is 5.32 Å². The Morgan fingerprint density at radius 3 is 2.38 bits per heavy atom. The number of nitrogens with one attached hydrogen (secondary N) is 2. The highest BCUT2D eigenvalue weighted by atomic mass is 16.6. The molecule has 0 heterocycles. The molecule has 2 N–H and O–H groups in total. The summed E-state index contributed by atoms with van der Waals surface area (Å²) < 4.78 is 5.22. The van der Waals surface area contributed by atoms with Crippen molar-refractivity contribution in [3.05, 3.63) is 29.8 Å². The van der Waals surface area contributed by atoms with Gasteiger partial charge in [0.2, 0.25) is 0 Å². The van der Waals surface area contributed by atoms with Gasteiger partial charge in [-0.2, -0.15) is 0 Å². The van der Waals surface area contributed by atoms with E-state index >= 15 is 0 Å². The van der Waals surface area contributed by atoms with E-state index in [1.807, 2.05) is 45.0 Å². The standard InChI is InChI=1S/C17H26N2O2/c1-17(2,3)21-16(20)19-15-10-8-13(9-11-15)12-18-14-6-4-5-7-14/h8-11,14,18H,4-7,12H2,1-3H3,(H,19,20). The summed E-state index contributed by atoms with van der Waals surface area (Å²) in [6.45, 7) is 6.44. The Bertz CT molecular complexity index is 457. The summed E-state index contributed by atoms with van der Waals surface area (Å²) >= 11 is 0. The van der Waals surface area contributed by atoms with Crippen molar-refractivity contribution >= 4 is 11.8 Å². The van der Waals surface area contributed by atoms with Crippen molar-refractivity contribution in [1.29, 1.82) is 0 Å². The summed E-state index contributed by atoms with van der Waals surface area (Å²) in [6.07, 6.45) is 4.85. The molecule has 0 aliphatic heterocycles. The topological polar surface area (TPSA) is 50.4 Å². The molecule has 4 nitrogen and oxygen atoms in total. The molecule has 1 aromatic carbocycles. The van der Waals surface area contributed by atoms with Crippen LogP contribution in [0.5, 0.6) is 0 Å². The molecule has 116 valence electrons. The molecule has 1 aliphatic rings. The Morgan fingerprint density at radius 2 is 1.81 bits per heavy atom. The molecule has 1 amide bonds. The van der Waals surface area contributed by atoms with Crippen LogP contribution >= 0.6 is 0 Å². The Morgan fingerprint density at radius 1 is 1.19 bits per heavy atom. The van der Waals surface area contributed by atoms with Crippen LogP contribution < -0.4 is 10.6 Å². The van der Waals surface area contributed by atoms with Gasteiger partial charge in [0.05, 0.1) is 0 Å². The maximum Gasteiger partial charge on any atom is 0.412 e. The normalized spacial score (nSPS) is 16.0. The van der Waals surface area contributed by atoms with E-state index in [9.17, 15) is 4.79 Å². The third-order valence-electron chi connectivity index (χ3n) is 3.55. The van der Waals surface area contributed by atoms with Gasteiger partial charge in [0.15, 0.2) is 0 Å². The molecule has 0 atom stereocenters. The molecule has 1 fully saturated rings. The number of amides is 1. The van der Waals surface area contributed by atoms with E-state index in [1.165, 1.54) is 31.2 Å². The summed E-state index contributed by atoms with van der Waals surface area (Å²) in [5.41, 5.74) is 1.51. The number of rotatable bonds is 4. The zero-order valence-corrected chi connectivity index (χ0v) is 13.2. The van der Waals surface area contributed by atoms with E-state index in [-0.39, 0.29) is 0 Å². The van der Waals surface area contributed by atoms with Gasteiger partial charge in [-0.15, -0.1) is 0 Å². The fourth-order valence-corrected chi connectivity index (χ4v) is 2.52. The van der Waals surface area contributed by atoms with Gasteiger partial charge in [-0.1, -0.05) is 25.0 Å². The van der Waals surface area contributed by atoms with Gasteiger partial charge in [-0.25, -0.2) is 4.79 Å². The molecule has 0 spiro atoms. The molecule has 0 unspecified atom stereocenters. The molecule has 0 aromatic heterocycles. The van der Waals surface area contributed by atoms with Crippen molar-refractivity contribution in [3.63, 3.8) is 0 Å². The van der Waals surface area contributed by atoms with Crippen molar-refractivity contribution in [2.24, 2.45) is 0 Å². The van der Waals surface area contributed by atoms with Gasteiger partial charge in [0.25, 0.3) is 0 Å². The first-order valence-electron chi connectivity index (χ1n) is 7.75. The third-order valence-corrected chi connectivity index (χ3v) is 3.55. The zero-order valence-electron chi connectivity index (χ0n) is 13.2. The lowest BCUT2D eigenvalue weighted by Gasteiger charge is -2.19. The summed E-state index contributed by atoms with van der Waals surface area (Å²) in [4.78, 5) is 11.7. The second kappa shape index (κ2) is 6.94. The molecule has 21 heavy (non-hydrogen) atoms. The molecule has 2 rings (SSSR count). The summed E-state index contributed by atoms with van der Waals surface area (Å²) in [5.74, 6) is 0. The van der Waals surface area contributed by atoms with Crippen LogP contribution in [0.4, 0.5) is 10.5 Å². The van der Waals surface area contributed by atoms with E-state index in [1.54, 1.807) is 0 Å². The summed E-state index contributed by atoms with van der Waals surface area (Å²) in [5, 5.41) is 6.32. The fourth-order valence-electron chi connectivity index (χ4n) is 2.52. The smallest absolute Gasteiger partial charge is 0.412 e. The molecule has 1 saturated carbocycles.